The monoisotopic (exact) mass is 508 g/mol. The Hall–Kier alpha value is -3.05. The Bertz CT molecular complexity index is 1200. The van der Waals surface area contributed by atoms with E-state index in [0.29, 0.717) is 24.3 Å². The van der Waals surface area contributed by atoms with Gasteiger partial charge >= 0.3 is 0 Å². The number of benzene rings is 3. The Morgan fingerprint density at radius 2 is 1.68 bits per heavy atom. The highest BCUT2D eigenvalue weighted by atomic mass is 19.2. The SMILES string of the molecule is C/C=C/CCC1CCC(c2ccc(-c3ccc(-c4ccc(OCCCC)c(F)c4F)cc3)cc2F)CO1. The van der Waals surface area contributed by atoms with Gasteiger partial charge in [-0.05, 0) is 79.5 Å². The topological polar surface area (TPSA) is 18.5 Å². The van der Waals surface area contributed by atoms with Crippen molar-refractivity contribution in [2.45, 2.75) is 64.4 Å². The number of hydrogen-bond acceptors (Lipinski definition) is 2. The summed E-state index contributed by atoms with van der Waals surface area (Å²) in [5.74, 6) is -2.17. The van der Waals surface area contributed by atoms with Gasteiger partial charge in [0.15, 0.2) is 11.6 Å². The summed E-state index contributed by atoms with van der Waals surface area (Å²) in [5, 5.41) is 0. The molecule has 0 aliphatic carbocycles. The quantitative estimate of drug-likeness (QED) is 0.201. The molecule has 2 nitrogen and oxygen atoms in total. The minimum absolute atomic E-state index is 0.0567. The van der Waals surface area contributed by atoms with Gasteiger partial charge in [0.25, 0.3) is 0 Å². The molecular formula is C32H35F3O2. The van der Waals surface area contributed by atoms with Crippen molar-refractivity contribution in [3.05, 3.63) is 89.8 Å². The Labute approximate surface area is 218 Å². The van der Waals surface area contributed by atoms with Gasteiger partial charge in [-0.25, -0.2) is 8.78 Å². The Morgan fingerprint density at radius 1 is 0.919 bits per heavy atom. The molecule has 0 aromatic heterocycles. The molecule has 0 radical (unpaired) electrons. The molecule has 0 amide bonds. The second-order valence-electron chi connectivity index (χ2n) is 9.63. The van der Waals surface area contributed by atoms with Gasteiger partial charge in [-0.1, -0.05) is 61.9 Å². The van der Waals surface area contributed by atoms with E-state index in [9.17, 15) is 8.78 Å². The van der Waals surface area contributed by atoms with Crippen LogP contribution < -0.4 is 4.74 Å². The molecule has 1 heterocycles. The third-order valence-electron chi connectivity index (χ3n) is 7.03. The summed E-state index contributed by atoms with van der Waals surface area (Å²) in [6.45, 7) is 4.91. The maximum atomic E-state index is 15.1. The molecule has 37 heavy (non-hydrogen) atoms. The lowest BCUT2D eigenvalue weighted by atomic mass is 9.89. The van der Waals surface area contributed by atoms with Crippen LogP contribution in [0.15, 0.2) is 66.7 Å². The second kappa shape index (κ2) is 13.0. The highest BCUT2D eigenvalue weighted by Crippen LogP contribution is 2.35. The van der Waals surface area contributed by atoms with Gasteiger partial charge in [0.1, 0.15) is 5.82 Å². The lowest BCUT2D eigenvalue weighted by molar-refractivity contribution is -0.000797. The molecule has 0 spiro atoms. The smallest absolute Gasteiger partial charge is 0.201 e. The molecular weight excluding hydrogens is 473 g/mol. The molecule has 1 fully saturated rings. The molecule has 0 N–H and O–H groups in total. The summed E-state index contributed by atoms with van der Waals surface area (Å²) in [7, 11) is 0. The normalized spacial score (nSPS) is 17.9. The van der Waals surface area contributed by atoms with Crippen molar-refractivity contribution >= 4 is 0 Å². The van der Waals surface area contributed by atoms with E-state index in [-0.39, 0.29) is 29.2 Å². The number of ether oxygens (including phenoxy) is 2. The van der Waals surface area contributed by atoms with Crippen molar-refractivity contribution in [3.63, 3.8) is 0 Å². The largest absolute Gasteiger partial charge is 0.490 e. The number of allylic oxidation sites excluding steroid dienone is 2. The number of unbranched alkanes of at least 4 members (excludes halogenated alkanes) is 1. The third-order valence-corrected chi connectivity index (χ3v) is 7.03. The minimum atomic E-state index is -0.980. The molecule has 1 saturated heterocycles. The Morgan fingerprint density at radius 3 is 2.35 bits per heavy atom. The molecule has 2 unspecified atom stereocenters. The third kappa shape index (κ3) is 6.64. The zero-order valence-electron chi connectivity index (χ0n) is 21.6. The zero-order valence-corrected chi connectivity index (χ0v) is 21.6. The van der Waals surface area contributed by atoms with E-state index in [0.717, 1.165) is 49.7 Å². The molecule has 0 saturated carbocycles. The van der Waals surface area contributed by atoms with E-state index in [2.05, 4.69) is 12.2 Å². The van der Waals surface area contributed by atoms with E-state index in [4.69, 9.17) is 9.47 Å². The average molecular weight is 509 g/mol. The maximum absolute atomic E-state index is 15.1. The first kappa shape index (κ1) is 27.0. The summed E-state index contributed by atoms with van der Waals surface area (Å²) in [6, 6.07) is 15.3. The van der Waals surface area contributed by atoms with Crippen LogP contribution in [0.4, 0.5) is 13.2 Å². The van der Waals surface area contributed by atoms with Gasteiger partial charge in [0, 0.05) is 11.5 Å². The molecule has 2 atom stereocenters. The number of halogens is 3. The van der Waals surface area contributed by atoms with Crippen LogP contribution in [0.25, 0.3) is 22.3 Å². The van der Waals surface area contributed by atoms with Crippen LogP contribution in [-0.4, -0.2) is 19.3 Å². The van der Waals surface area contributed by atoms with Gasteiger partial charge < -0.3 is 9.47 Å². The van der Waals surface area contributed by atoms with Crippen molar-refractivity contribution in [1.82, 2.24) is 0 Å². The predicted octanol–water partition coefficient (Wildman–Crippen LogP) is 9.24. The van der Waals surface area contributed by atoms with Crippen molar-refractivity contribution in [3.8, 4) is 28.0 Å². The van der Waals surface area contributed by atoms with E-state index < -0.39 is 11.6 Å². The van der Waals surface area contributed by atoms with Gasteiger partial charge in [0.2, 0.25) is 5.82 Å². The van der Waals surface area contributed by atoms with E-state index in [1.807, 2.05) is 26.0 Å². The summed E-state index contributed by atoms with van der Waals surface area (Å²) >= 11 is 0. The lowest BCUT2D eigenvalue weighted by Crippen LogP contribution is -2.25. The maximum Gasteiger partial charge on any atom is 0.201 e. The van der Waals surface area contributed by atoms with Crippen LogP contribution in [0, 0.1) is 17.5 Å². The number of rotatable bonds is 10. The van der Waals surface area contributed by atoms with Crippen LogP contribution in [-0.2, 0) is 4.74 Å². The van der Waals surface area contributed by atoms with Crippen molar-refractivity contribution in [1.29, 1.82) is 0 Å². The van der Waals surface area contributed by atoms with E-state index in [1.54, 1.807) is 30.3 Å². The fraction of sp³-hybridized carbons (Fsp3) is 0.375. The summed E-state index contributed by atoms with van der Waals surface area (Å²) in [4.78, 5) is 0. The first-order valence-corrected chi connectivity index (χ1v) is 13.3. The standard InChI is InChI=1S/C32H35F3O2/c1-3-5-7-8-26-15-13-25(21-37-26)27-16-14-24(20-29(27)33)22-9-11-23(12-10-22)28-17-18-30(32(35)31(28)34)36-19-6-4-2/h3,5,9-12,14,16-18,20,25-26H,4,6-8,13,15,19,21H2,1-2H3/b5-3+. The van der Waals surface area contributed by atoms with Gasteiger partial charge in [-0.3, -0.25) is 0 Å². The molecule has 1 aliphatic heterocycles. The second-order valence-corrected chi connectivity index (χ2v) is 9.63. The van der Waals surface area contributed by atoms with Gasteiger partial charge in [-0.15, -0.1) is 0 Å². The minimum Gasteiger partial charge on any atom is -0.490 e. The van der Waals surface area contributed by atoms with E-state index in [1.165, 1.54) is 12.1 Å². The van der Waals surface area contributed by atoms with Gasteiger partial charge in [-0.2, -0.15) is 4.39 Å². The summed E-state index contributed by atoms with van der Waals surface area (Å²) in [6.07, 6.45) is 9.99. The van der Waals surface area contributed by atoms with Gasteiger partial charge in [0.05, 0.1) is 19.3 Å². The summed E-state index contributed by atoms with van der Waals surface area (Å²) in [5.41, 5.74) is 2.93. The fourth-order valence-electron chi connectivity index (χ4n) is 4.80. The Kier molecular flexibility index (Phi) is 9.45. The van der Waals surface area contributed by atoms with Crippen LogP contribution in [0.5, 0.6) is 5.75 Å². The van der Waals surface area contributed by atoms with Crippen LogP contribution >= 0.6 is 0 Å². The zero-order chi connectivity index (χ0) is 26.2. The van der Waals surface area contributed by atoms with Crippen molar-refractivity contribution in [2.75, 3.05) is 13.2 Å². The molecule has 5 heteroatoms. The first-order chi connectivity index (χ1) is 18.0. The summed E-state index contributed by atoms with van der Waals surface area (Å²) < 4.78 is 55.7. The fourth-order valence-corrected chi connectivity index (χ4v) is 4.80. The number of hydrogen-bond donors (Lipinski definition) is 0. The molecule has 1 aliphatic rings. The molecule has 3 aromatic carbocycles. The Balaban J connectivity index is 1.43. The average Bonchev–Trinajstić information content (AvgIpc) is 2.92. The highest BCUT2D eigenvalue weighted by Gasteiger charge is 2.25. The van der Waals surface area contributed by atoms with Crippen molar-refractivity contribution < 1.29 is 22.6 Å². The molecule has 4 rings (SSSR count). The first-order valence-electron chi connectivity index (χ1n) is 13.3. The molecule has 3 aromatic rings. The van der Waals surface area contributed by atoms with E-state index >= 15 is 4.39 Å². The predicted molar refractivity (Wildman–Crippen MR) is 143 cm³/mol. The van der Waals surface area contributed by atoms with Crippen molar-refractivity contribution in [2.24, 2.45) is 0 Å². The highest BCUT2D eigenvalue weighted by molar-refractivity contribution is 5.71. The lowest BCUT2D eigenvalue weighted by Gasteiger charge is -2.29. The van der Waals surface area contributed by atoms with Crippen LogP contribution in [0.1, 0.15) is 63.9 Å². The molecule has 196 valence electrons. The molecule has 0 bridgehead atoms. The van der Waals surface area contributed by atoms with Crippen LogP contribution in [0.3, 0.4) is 0 Å². The van der Waals surface area contributed by atoms with Crippen LogP contribution in [0.2, 0.25) is 0 Å².